The highest BCUT2D eigenvalue weighted by molar-refractivity contribution is 5.69. The summed E-state index contributed by atoms with van der Waals surface area (Å²) in [6.07, 6.45) is 0.957. The fourth-order valence-corrected chi connectivity index (χ4v) is 4.44. The first-order valence-electron chi connectivity index (χ1n) is 10.1. The van der Waals surface area contributed by atoms with Gasteiger partial charge in [0.25, 0.3) is 0 Å². The lowest BCUT2D eigenvalue weighted by molar-refractivity contribution is -0.00503. The Balaban J connectivity index is 1.63. The molecule has 3 aliphatic heterocycles. The molecule has 2 aromatic carbocycles. The molecule has 5 rings (SSSR count). The van der Waals surface area contributed by atoms with Gasteiger partial charge in [0.2, 0.25) is 13.6 Å². The highest BCUT2D eigenvalue weighted by atomic mass is 16.7. The Morgan fingerprint density at radius 3 is 2.17 bits per heavy atom. The number of amides is 1. The van der Waals surface area contributed by atoms with Gasteiger partial charge in [0, 0.05) is 6.54 Å². The van der Waals surface area contributed by atoms with Crippen LogP contribution in [-0.4, -0.2) is 48.9 Å². The van der Waals surface area contributed by atoms with Gasteiger partial charge in [-0.3, -0.25) is 0 Å². The van der Waals surface area contributed by atoms with Crippen LogP contribution in [0.1, 0.15) is 30.9 Å². The second-order valence-electron chi connectivity index (χ2n) is 7.45. The van der Waals surface area contributed by atoms with Crippen molar-refractivity contribution in [1.82, 2.24) is 4.90 Å². The molecule has 0 spiro atoms. The molecule has 3 aliphatic rings. The van der Waals surface area contributed by atoms with Gasteiger partial charge in [-0.15, -0.1) is 0 Å². The van der Waals surface area contributed by atoms with Crippen LogP contribution in [0.3, 0.4) is 0 Å². The number of nitrogens with zero attached hydrogens (tertiary/aromatic N) is 1. The fourth-order valence-electron chi connectivity index (χ4n) is 4.44. The minimum atomic E-state index is -1.51. The predicted molar refractivity (Wildman–Crippen MR) is 105 cm³/mol. The quantitative estimate of drug-likeness (QED) is 0.825. The van der Waals surface area contributed by atoms with Crippen LogP contribution in [0.5, 0.6) is 23.0 Å². The summed E-state index contributed by atoms with van der Waals surface area (Å²) in [6, 6.07) is 10.2. The second kappa shape index (κ2) is 7.28. The van der Waals surface area contributed by atoms with E-state index in [1.807, 2.05) is 0 Å². The lowest BCUT2D eigenvalue weighted by Crippen LogP contribution is -2.50. The van der Waals surface area contributed by atoms with Crippen LogP contribution in [0.4, 0.5) is 4.79 Å². The highest BCUT2D eigenvalue weighted by Gasteiger charge is 2.48. The molecule has 0 radical (unpaired) electrons. The maximum atomic E-state index is 12.6. The van der Waals surface area contributed by atoms with E-state index in [0.717, 1.165) is 6.42 Å². The number of carbonyl (C=O) groups is 1. The fraction of sp³-hybridized carbons (Fsp3) is 0.409. The van der Waals surface area contributed by atoms with Crippen LogP contribution < -0.4 is 18.9 Å². The van der Waals surface area contributed by atoms with Gasteiger partial charge in [-0.2, -0.15) is 0 Å². The molecule has 0 aliphatic carbocycles. The molecule has 0 unspecified atom stereocenters. The van der Waals surface area contributed by atoms with Crippen LogP contribution >= 0.6 is 0 Å². The highest BCUT2D eigenvalue weighted by Crippen LogP contribution is 2.46. The normalized spacial score (nSPS) is 19.3. The number of rotatable bonds is 4. The monoisotopic (exact) mass is 413 g/mol. The molecule has 0 saturated carbocycles. The van der Waals surface area contributed by atoms with E-state index in [0.29, 0.717) is 47.1 Å². The predicted octanol–water partition coefficient (Wildman–Crippen LogP) is 3.00. The van der Waals surface area contributed by atoms with E-state index >= 15 is 0 Å². The zero-order valence-corrected chi connectivity index (χ0v) is 16.6. The molecule has 1 amide bonds. The number of aliphatic hydroxyl groups is 1. The topological polar surface area (TPSA) is 86.7 Å². The van der Waals surface area contributed by atoms with E-state index in [9.17, 15) is 9.90 Å². The molecule has 0 aromatic heterocycles. The third-order valence-corrected chi connectivity index (χ3v) is 5.86. The van der Waals surface area contributed by atoms with Crippen molar-refractivity contribution >= 4 is 6.09 Å². The number of hydrogen-bond acceptors (Lipinski definition) is 7. The van der Waals surface area contributed by atoms with Crippen LogP contribution in [0.15, 0.2) is 36.4 Å². The van der Waals surface area contributed by atoms with Crippen molar-refractivity contribution in [2.75, 3.05) is 26.7 Å². The van der Waals surface area contributed by atoms with Gasteiger partial charge >= 0.3 is 6.09 Å². The van der Waals surface area contributed by atoms with Gasteiger partial charge in [-0.25, -0.2) is 4.79 Å². The molecule has 30 heavy (non-hydrogen) atoms. The van der Waals surface area contributed by atoms with E-state index in [1.54, 1.807) is 48.2 Å². The molecule has 1 atom stereocenters. The molecule has 0 bridgehead atoms. The molecule has 1 fully saturated rings. The number of ether oxygens (including phenoxy) is 5. The lowest BCUT2D eigenvalue weighted by Gasteiger charge is -2.39. The molecule has 158 valence electrons. The van der Waals surface area contributed by atoms with E-state index in [4.69, 9.17) is 23.7 Å². The summed E-state index contributed by atoms with van der Waals surface area (Å²) >= 11 is 0. The first-order valence-corrected chi connectivity index (χ1v) is 10.1. The van der Waals surface area contributed by atoms with Crippen molar-refractivity contribution in [1.29, 1.82) is 0 Å². The number of fused-ring (bicyclic) bond motifs is 2. The Bertz CT molecular complexity index is 918. The van der Waals surface area contributed by atoms with Crippen molar-refractivity contribution in [3.05, 3.63) is 47.5 Å². The van der Waals surface area contributed by atoms with E-state index in [2.05, 4.69) is 0 Å². The van der Waals surface area contributed by atoms with Crippen molar-refractivity contribution in [3.63, 3.8) is 0 Å². The van der Waals surface area contributed by atoms with Crippen LogP contribution in [-0.2, 0) is 10.3 Å². The van der Waals surface area contributed by atoms with Gasteiger partial charge in [0.05, 0.1) is 12.6 Å². The molecule has 3 heterocycles. The Labute approximate surface area is 173 Å². The molecule has 8 nitrogen and oxygen atoms in total. The average Bonchev–Trinajstić information content (AvgIpc) is 3.52. The SMILES string of the molecule is CCOC(=O)N1CCC[C@H]1C(O)(c1ccc2c(c1)OCO2)c1ccc2c(c1)OCO2. The van der Waals surface area contributed by atoms with Crippen LogP contribution in [0, 0.1) is 0 Å². The Kier molecular flexibility index (Phi) is 4.58. The largest absolute Gasteiger partial charge is 0.454 e. The average molecular weight is 413 g/mol. The van der Waals surface area contributed by atoms with Crippen LogP contribution in [0.2, 0.25) is 0 Å². The summed E-state index contributed by atoms with van der Waals surface area (Å²) in [5.41, 5.74) is -0.302. The third kappa shape index (κ3) is 2.90. The van der Waals surface area contributed by atoms with Gasteiger partial charge in [0.15, 0.2) is 23.0 Å². The standard InChI is InChI=1S/C22H23NO7/c1-2-26-21(24)23-9-3-4-20(23)22(25,14-5-7-16-18(10-14)29-12-27-16)15-6-8-17-19(11-15)30-13-28-17/h5-8,10-11,20,25H,2-4,9,12-13H2,1H3/t20-/m0/s1. The van der Waals surface area contributed by atoms with Gasteiger partial charge in [0.1, 0.15) is 5.60 Å². The number of carbonyl (C=O) groups excluding carboxylic acids is 1. The molecule has 1 N–H and O–H groups in total. The Morgan fingerprint density at radius 1 is 1.03 bits per heavy atom. The first-order chi connectivity index (χ1) is 14.6. The maximum Gasteiger partial charge on any atom is 0.410 e. The third-order valence-electron chi connectivity index (χ3n) is 5.86. The van der Waals surface area contributed by atoms with Gasteiger partial charge < -0.3 is 33.7 Å². The minimum Gasteiger partial charge on any atom is -0.454 e. The Hall–Kier alpha value is -3.13. The van der Waals surface area contributed by atoms with Crippen molar-refractivity contribution in [3.8, 4) is 23.0 Å². The molecule has 2 aromatic rings. The summed E-state index contributed by atoms with van der Waals surface area (Å²) in [5, 5.41) is 12.3. The zero-order valence-electron chi connectivity index (χ0n) is 16.6. The zero-order chi connectivity index (χ0) is 20.7. The minimum absolute atomic E-state index is 0.139. The van der Waals surface area contributed by atoms with E-state index in [-0.39, 0.29) is 20.2 Å². The molecular formula is C22H23NO7. The summed E-state index contributed by atoms with van der Waals surface area (Å²) in [7, 11) is 0. The lowest BCUT2D eigenvalue weighted by atomic mass is 9.78. The van der Waals surface area contributed by atoms with Gasteiger partial charge in [-0.05, 0) is 55.2 Å². The summed E-state index contributed by atoms with van der Waals surface area (Å²) < 4.78 is 27.2. The van der Waals surface area contributed by atoms with Crippen LogP contribution in [0.25, 0.3) is 0 Å². The van der Waals surface area contributed by atoms with Crippen molar-refractivity contribution < 1.29 is 33.6 Å². The molecule has 8 heteroatoms. The summed E-state index contributed by atoms with van der Waals surface area (Å²) in [5.74, 6) is 2.38. The smallest absolute Gasteiger partial charge is 0.410 e. The molecule has 1 saturated heterocycles. The number of likely N-dealkylation sites (tertiary alicyclic amines) is 1. The maximum absolute atomic E-state index is 12.6. The van der Waals surface area contributed by atoms with E-state index in [1.165, 1.54) is 0 Å². The van der Waals surface area contributed by atoms with E-state index < -0.39 is 17.7 Å². The summed E-state index contributed by atoms with van der Waals surface area (Å²) in [6.45, 7) is 2.83. The van der Waals surface area contributed by atoms with Gasteiger partial charge in [-0.1, -0.05) is 12.1 Å². The summed E-state index contributed by atoms with van der Waals surface area (Å²) in [4.78, 5) is 14.3. The second-order valence-corrected chi connectivity index (χ2v) is 7.45. The van der Waals surface area contributed by atoms with Crippen molar-refractivity contribution in [2.45, 2.75) is 31.4 Å². The Morgan fingerprint density at radius 2 is 1.60 bits per heavy atom. The first kappa shape index (κ1) is 18.9. The van der Waals surface area contributed by atoms with Crippen molar-refractivity contribution in [2.24, 2.45) is 0 Å². The number of hydrogen-bond donors (Lipinski definition) is 1. The number of benzene rings is 2. The molecular weight excluding hydrogens is 390 g/mol.